The van der Waals surface area contributed by atoms with Crippen LogP contribution in [0, 0.1) is 5.82 Å². The van der Waals surface area contributed by atoms with Crippen LogP contribution in [0.4, 0.5) is 4.39 Å². The molecule has 1 unspecified atom stereocenters. The van der Waals surface area contributed by atoms with Crippen LogP contribution in [-0.2, 0) is 11.3 Å². The predicted octanol–water partition coefficient (Wildman–Crippen LogP) is 2.06. The lowest BCUT2D eigenvalue weighted by Gasteiger charge is -2.31. The maximum atomic E-state index is 13.2. The largest absolute Gasteiger partial charge is 0.444 e. The van der Waals surface area contributed by atoms with Crippen molar-refractivity contribution in [2.24, 2.45) is 5.73 Å². The first-order valence-corrected chi connectivity index (χ1v) is 6.99. The first kappa shape index (κ1) is 16.9. The third-order valence-electron chi connectivity index (χ3n) is 3.49. The molecule has 3 rings (SSSR count). The molecule has 0 spiro atoms. The summed E-state index contributed by atoms with van der Waals surface area (Å²) in [7, 11) is 0. The Kier molecular flexibility index (Phi) is 5.90. The second-order valence-corrected chi connectivity index (χ2v) is 5.12. The fourth-order valence-electron chi connectivity index (χ4n) is 2.43. The van der Waals surface area contributed by atoms with Gasteiger partial charge < -0.3 is 14.9 Å². The molecule has 1 atom stereocenters. The summed E-state index contributed by atoms with van der Waals surface area (Å²) in [4.78, 5) is 6.65. The van der Waals surface area contributed by atoms with Crippen LogP contribution in [0.3, 0.4) is 0 Å². The van der Waals surface area contributed by atoms with E-state index in [0.29, 0.717) is 31.2 Å². The number of hydrogen-bond acceptors (Lipinski definition) is 5. The van der Waals surface area contributed by atoms with E-state index < -0.39 is 0 Å². The molecule has 7 heteroatoms. The van der Waals surface area contributed by atoms with Crippen LogP contribution >= 0.6 is 12.4 Å². The van der Waals surface area contributed by atoms with Crippen LogP contribution in [0.15, 0.2) is 34.9 Å². The molecular formula is C15H19ClFN3O2. The molecule has 1 aliphatic rings. The highest BCUT2D eigenvalue weighted by molar-refractivity contribution is 5.85. The molecule has 1 fully saturated rings. The van der Waals surface area contributed by atoms with E-state index in [-0.39, 0.29) is 24.3 Å². The van der Waals surface area contributed by atoms with Crippen molar-refractivity contribution in [1.82, 2.24) is 9.88 Å². The van der Waals surface area contributed by atoms with E-state index in [4.69, 9.17) is 14.9 Å². The Morgan fingerprint density at radius 3 is 3.05 bits per heavy atom. The zero-order valence-electron chi connectivity index (χ0n) is 12.1. The molecular weight excluding hydrogens is 309 g/mol. The van der Waals surface area contributed by atoms with Crippen molar-refractivity contribution in [3.63, 3.8) is 0 Å². The van der Waals surface area contributed by atoms with Gasteiger partial charge in [-0.2, -0.15) is 0 Å². The van der Waals surface area contributed by atoms with Crippen molar-refractivity contribution < 1.29 is 13.5 Å². The standard InChI is InChI=1S/C15H18FN3O2.ClH/c16-12-3-1-2-11(6-12)15-18-13(10-21-15)8-19-4-5-20-14(7-17)9-19;/h1-3,6,10,14H,4-5,7-9,17H2;1H. The smallest absolute Gasteiger partial charge is 0.226 e. The molecule has 1 aliphatic heterocycles. The van der Waals surface area contributed by atoms with Crippen LogP contribution in [0.2, 0.25) is 0 Å². The third-order valence-corrected chi connectivity index (χ3v) is 3.49. The lowest BCUT2D eigenvalue weighted by molar-refractivity contribution is -0.0264. The molecule has 2 heterocycles. The van der Waals surface area contributed by atoms with Crippen molar-refractivity contribution in [3.05, 3.63) is 42.0 Å². The molecule has 22 heavy (non-hydrogen) atoms. The second-order valence-electron chi connectivity index (χ2n) is 5.12. The normalized spacial score (nSPS) is 18.9. The minimum absolute atomic E-state index is 0. The highest BCUT2D eigenvalue weighted by Crippen LogP contribution is 2.20. The summed E-state index contributed by atoms with van der Waals surface area (Å²) in [5, 5.41) is 0. The van der Waals surface area contributed by atoms with E-state index in [9.17, 15) is 4.39 Å². The summed E-state index contributed by atoms with van der Waals surface area (Å²) >= 11 is 0. The first-order valence-electron chi connectivity index (χ1n) is 6.99. The lowest BCUT2D eigenvalue weighted by atomic mass is 10.2. The van der Waals surface area contributed by atoms with Gasteiger partial charge in [-0.3, -0.25) is 4.90 Å². The average molecular weight is 328 g/mol. The van der Waals surface area contributed by atoms with Gasteiger partial charge in [-0.05, 0) is 18.2 Å². The molecule has 0 bridgehead atoms. The summed E-state index contributed by atoms with van der Waals surface area (Å²) in [6.45, 7) is 3.51. The number of ether oxygens (including phenoxy) is 1. The zero-order valence-corrected chi connectivity index (χ0v) is 12.9. The van der Waals surface area contributed by atoms with Crippen molar-refractivity contribution >= 4 is 12.4 Å². The van der Waals surface area contributed by atoms with Gasteiger partial charge in [-0.1, -0.05) is 6.07 Å². The number of halogens is 2. The molecule has 2 N–H and O–H groups in total. The van der Waals surface area contributed by atoms with E-state index in [1.54, 1.807) is 18.4 Å². The number of hydrogen-bond donors (Lipinski definition) is 1. The van der Waals surface area contributed by atoms with Gasteiger partial charge in [0.05, 0.1) is 18.4 Å². The number of benzene rings is 1. The molecule has 2 aromatic rings. The molecule has 5 nitrogen and oxygen atoms in total. The van der Waals surface area contributed by atoms with Gasteiger partial charge in [-0.15, -0.1) is 12.4 Å². The second kappa shape index (κ2) is 7.69. The fraction of sp³-hybridized carbons (Fsp3) is 0.400. The Morgan fingerprint density at radius 1 is 1.41 bits per heavy atom. The molecule has 1 aromatic heterocycles. The van der Waals surface area contributed by atoms with Crippen LogP contribution in [0.25, 0.3) is 11.5 Å². The molecule has 0 aliphatic carbocycles. The SMILES string of the molecule is Cl.NCC1CN(Cc2coc(-c3cccc(F)c3)n2)CCO1. The van der Waals surface area contributed by atoms with Crippen molar-refractivity contribution in [1.29, 1.82) is 0 Å². The summed E-state index contributed by atoms with van der Waals surface area (Å²) in [6, 6.07) is 6.23. The predicted molar refractivity (Wildman–Crippen MR) is 83.2 cm³/mol. The van der Waals surface area contributed by atoms with Gasteiger partial charge in [0.2, 0.25) is 5.89 Å². The van der Waals surface area contributed by atoms with Gasteiger partial charge >= 0.3 is 0 Å². The van der Waals surface area contributed by atoms with Gasteiger partial charge in [0.1, 0.15) is 12.1 Å². The van der Waals surface area contributed by atoms with E-state index in [1.165, 1.54) is 12.1 Å². The molecule has 1 saturated heterocycles. The average Bonchev–Trinajstić information content (AvgIpc) is 2.96. The minimum Gasteiger partial charge on any atom is -0.444 e. The third kappa shape index (κ3) is 4.04. The minimum atomic E-state index is -0.300. The number of oxazole rings is 1. The quantitative estimate of drug-likeness (QED) is 0.931. The number of nitrogens with zero attached hydrogens (tertiary/aromatic N) is 2. The highest BCUT2D eigenvalue weighted by Gasteiger charge is 2.20. The number of rotatable bonds is 4. The summed E-state index contributed by atoms with van der Waals surface area (Å²) < 4.78 is 24.2. The van der Waals surface area contributed by atoms with Crippen LogP contribution in [0.5, 0.6) is 0 Å². The van der Waals surface area contributed by atoms with Gasteiger partial charge in [0.15, 0.2) is 0 Å². The maximum absolute atomic E-state index is 13.2. The molecule has 120 valence electrons. The Hall–Kier alpha value is -1.47. The number of morpholine rings is 1. The zero-order chi connectivity index (χ0) is 14.7. The number of aromatic nitrogens is 1. The van der Waals surface area contributed by atoms with Crippen molar-refractivity contribution in [2.45, 2.75) is 12.6 Å². The van der Waals surface area contributed by atoms with Gasteiger partial charge in [0.25, 0.3) is 0 Å². The van der Waals surface area contributed by atoms with Gasteiger partial charge in [-0.25, -0.2) is 9.37 Å². The lowest BCUT2D eigenvalue weighted by Crippen LogP contribution is -2.45. The Balaban J connectivity index is 0.00000176. The maximum Gasteiger partial charge on any atom is 0.226 e. The summed E-state index contributed by atoms with van der Waals surface area (Å²) in [5.41, 5.74) is 7.10. The molecule has 0 amide bonds. The van der Waals surface area contributed by atoms with E-state index in [2.05, 4.69) is 9.88 Å². The van der Waals surface area contributed by atoms with Gasteiger partial charge in [0, 0.05) is 31.7 Å². The van der Waals surface area contributed by atoms with Crippen molar-refractivity contribution in [2.75, 3.05) is 26.2 Å². The van der Waals surface area contributed by atoms with Crippen molar-refractivity contribution in [3.8, 4) is 11.5 Å². The molecule has 0 radical (unpaired) electrons. The fourth-order valence-corrected chi connectivity index (χ4v) is 2.43. The Morgan fingerprint density at radius 2 is 2.27 bits per heavy atom. The first-order chi connectivity index (χ1) is 10.2. The molecule has 1 aromatic carbocycles. The molecule has 0 saturated carbocycles. The van der Waals surface area contributed by atoms with E-state index in [0.717, 1.165) is 18.8 Å². The monoisotopic (exact) mass is 327 g/mol. The Bertz CT molecular complexity index is 608. The summed E-state index contributed by atoms with van der Waals surface area (Å²) in [6.07, 6.45) is 1.70. The van der Waals surface area contributed by atoms with Crippen LogP contribution in [-0.4, -0.2) is 42.2 Å². The topological polar surface area (TPSA) is 64.5 Å². The van der Waals surface area contributed by atoms with Crippen LogP contribution < -0.4 is 5.73 Å². The highest BCUT2D eigenvalue weighted by atomic mass is 35.5. The summed E-state index contributed by atoms with van der Waals surface area (Å²) in [5.74, 6) is 0.138. The number of nitrogens with two attached hydrogens (primary N) is 1. The van der Waals surface area contributed by atoms with Crippen LogP contribution in [0.1, 0.15) is 5.69 Å². The van der Waals surface area contributed by atoms with E-state index >= 15 is 0 Å². The Labute approximate surface area is 134 Å². The van der Waals surface area contributed by atoms with E-state index in [1.807, 2.05) is 0 Å².